The molecule has 0 aromatic rings. The number of urea groups is 1. The monoisotopic (exact) mass is 271 g/mol. The van der Waals surface area contributed by atoms with E-state index in [-0.39, 0.29) is 6.03 Å². The summed E-state index contributed by atoms with van der Waals surface area (Å²) in [6.45, 7) is 3.17. The van der Waals surface area contributed by atoms with Crippen molar-refractivity contribution in [1.29, 1.82) is 0 Å². The van der Waals surface area contributed by atoms with Crippen LogP contribution in [0.25, 0.3) is 0 Å². The predicted molar refractivity (Wildman–Crippen MR) is 73.2 cm³/mol. The number of nitrogens with zero attached hydrogens (tertiary/aromatic N) is 3. The van der Waals surface area contributed by atoms with Crippen LogP contribution < -0.4 is 0 Å². The molecular formula is C13H25N3O3. The third-order valence-corrected chi connectivity index (χ3v) is 3.91. The fraction of sp³-hybridized carbons (Fsp3) is 0.846. The SMILES string of the molecule is CCC(C(=O)O)N(C)C(=O)N1CCC(N(C)C)CC1. The molecule has 0 aromatic heterocycles. The first-order valence-corrected chi connectivity index (χ1v) is 6.79. The topological polar surface area (TPSA) is 64.1 Å². The van der Waals surface area contributed by atoms with Gasteiger partial charge < -0.3 is 19.8 Å². The predicted octanol–water partition coefficient (Wildman–Crippen LogP) is 0.927. The highest BCUT2D eigenvalue weighted by molar-refractivity contribution is 5.82. The van der Waals surface area contributed by atoms with Gasteiger partial charge in [-0.2, -0.15) is 0 Å². The van der Waals surface area contributed by atoms with Crippen molar-refractivity contribution in [2.24, 2.45) is 0 Å². The van der Waals surface area contributed by atoms with E-state index in [1.807, 2.05) is 14.1 Å². The smallest absolute Gasteiger partial charge is 0.326 e. The van der Waals surface area contributed by atoms with Crippen molar-refractivity contribution in [3.8, 4) is 0 Å². The summed E-state index contributed by atoms with van der Waals surface area (Å²) in [6.07, 6.45) is 2.30. The molecule has 2 amide bonds. The molecule has 6 nitrogen and oxygen atoms in total. The molecule has 1 fully saturated rings. The minimum atomic E-state index is -0.943. The van der Waals surface area contributed by atoms with Gasteiger partial charge in [-0.1, -0.05) is 6.92 Å². The van der Waals surface area contributed by atoms with Gasteiger partial charge in [-0.25, -0.2) is 9.59 Å². The lowest BCUT2D eigenvalue weighted by Crippen LogP contribution is -2.52. The Hall–Kier alpha value is -1.30. The van der Waals surface area contributed by atoms with Gasteiger partial charge in [0.2, 0.25) is 0 Å². The molecule has 1 rings (SSSR count). The average Bonchev–Trinajstić information content (AvgIpc) is 2.38. The van der Waals surface area contributed by atoms with Crippen molar-refractivity contribution < 1.29 is 14.7 Å². The third kappa shape index (κ3) is 3.83. The normalized spacial score (nSPS) is 18.5. The van der Waals surface area contributed by atoms with E-state index in [9.17, 15) is 9.59 Å². The number of carboxylic acid groups (broad SMARTS) is 1. The molecule has 0 radical (unpaired) electrons. The zero-order valence-electron chi connectivity index (χ0n) is 12.3. The van der Waals surface area contributed by atoms with E-state index in [0.717, 1.165) is 12.8 Å². The van der Waals surface area contributed by atoms with Crippen LogP contribution in [0.3, 0.4) is 0 Å². The van der Waals surface area contributed by atoms with Crippen molar-refractivity contribution in [2.45, 2.75) is 38.3 Å². The van der Waals surface area contributed by atoms with Gasteiger partial charge in [0.25, 0.3) is 0 Å². The summed E-state index contributed by atoms with van der Waals surface area (Å²) in [5, 5.41) is 9.09. The molecule has 0 spiro atoms. The van der Waals surface area contributed by atoms with Crippen LogP contribution in [-0.2, 0) is 4.79 Å². The molecular weight excluding hydrogens is 246 g/mol. The number of likely N-dealkylation sites (tertiary alicyclic amines) is 1. The largest absolute Gasteiger partial charge is 0.480 e. The van der Waals surface area contributed by atoms with Crippen LogP contribution in [0.2, 0.25) is 0 Å². The Morgan fingerprint density at radius 2 is 1.79 bits per heavy atom. The van der Waals surface area contributed by atoms with Crippen LogP contribution >= 0.6 is 0 Å². The van der Waals surface area contributed by atoms with E-state index in [4.69, 9.17) is 5.11 Å². The van der Waals surface area contributed by atoms with Crippen LogP contribution in [0.1, 0.15) is 26.2 Å². The van der Waals surface area contributed by atoms with E-state index in [1.165, 1.54) is 4.90 Å². The molecule has 1 aliphatic rings. The summed E-state index contributed by atoms with van der Waals surface area (Å²) in [5.41, 5.74) is 0. The van der Waals surface area contributed by atoms with Crippen molar-refractivity contribution in [3.05, 3.63) is 0 Å². The van der Waals surface area contributed by atoms with Crippen LogP contribution in [0, 0.1) is 0 Å². The number of aliphatic carboxylic acids is 1. The summed E-state index contributed by atoms with van der Waals surface area (Å²) in [6, 6.07) is -0.402. The van der Waals surface area contributed by atoms with Crippen molar-refractivity contribution in [1.82, 2.24) is 14.7 Å². The molecule has 1 aliphatic heterocycles. The van der Waals surface area contributed by atoms with Gasteiger partial charge in [-0.3, -0.25) is 0 Å². The van der Waals surface area contributed by atoms with Gasteiger partial charge in [0.05, 0.1) is 0 Å². The molecule has 0 saturated carbocycles. The number of rotatable bonds is 4. The van der Waals surface area contributed by atoms with Gasteiger partial charge in [-0.15, -0.1) is 0 Å². The van der Waals surface area contributed by atoms with Crippen molar-refractivity contribution in [2.75, 3.05) is 34.2 Å². The lowest BCUT2D eigenvalue weighted by Gasteiger charge is -2.38. The number of hydrogen-bond acceptors (Lipinski definition) is 3. The molecule has 19 heavy (non-hydrogen) atoms. The minimum absolute atomic E-state index is 0.175. The first-order valence-electron chi connectivity index (χ1n) is 6.79. The second-order valence-corrected chi connectivity index (χ2v) is 5.34. The number of amides is 2. The number of piperidine rings is 1. The van der Waals surface area contributed by atoms with Crippen LogP contribution in [-0.4, -0.2) is 78.1 Å². The van der Waals surface area contributed by atoms with E-state index >= 15 is 0 Å². The highest BCUT2D eigenvalue weighted by Crippen LogP contribution is 2.16. The molecule has 6 heteroatoms. The summed E-state index contributed by atoms with van der Waals surface area (Å²) in [4.78, 5) is 28.6. The number of likely N-dealkylation sites (N-methyl/N-ethyl adjacent to an activating group) is 1. The van der Waals surface area contributed by atoms with Crippen LogP contribution in [0.5, 0.6) is 0 Å². The Morgan fingerprint density at radius 3 is 2.16 bits per heavy atom. The first kappa shape index (κ1) is 15.8. The Bertz CT molecular complexity index is 325. The number of carbonyl (C=O) groups excluding carboxylic acids is 1. The summed E-state index contributed by atoms with van der Waals surface area (Å²) < 4.78 is 0. The standard InChI is InChI=1S/C13H25N3O3/c1-5-11(12(17)18)15(4)13(19)16-8-6-10(7-9-16)14(2)3/h10-11H,5-9H2,1-4H3,(H,17,18). The van der Waals surface area contributed by atoms with Crippen LogP contribution in [0.15, 0.2) is 0 Å². The Morgan fingerprint density at radius 1 is 1.26 bits per heavy atom. The van der Waals surface area contributed by atoms with Gasteiger partial charge in [-0.05, 0) is 33.4 Å². The zero-order valence-corrected chi connectivity index (χ0v) is 12.3. The number of carboxylic acids is 1. The Balaban J connectivity index is 2.57. The van der Waals surface area contributed by atoms with Gasteiger partial charge in [0.1, 0.15) is 6.04 Å². The number of hydrogen-bond donors (Lipinski definition) is 1. The molecule has 110 valence electrons. The molecule has 0 aromatic carbocycles. The molecule has 1 heterocycles. The second kappa shape index (κ2) is 6.75. The minimum Gasteiger partial charge on any atom is -0.480 e. The summed E-state index contributed by atoms with van der Waals surface area (Å²) in [7, 11) is 5.67. The van der Waals surface area contributed by atoms with Gasteiger partial charge >= 0.3 is 12.0 Å². The molecule has 1 N–H and O–H groups in total. The van der Waals surface area contributed by atoms with E-state index in [0.29, 0.717) is 25.6 Å². The van der Waals surface area contributed by atoms with Crippen LogP contribution in [0.4, 0.5) is 4.79 Å². The van der Waals surface area contributed by atoms with Crippen molar-refractivity contribution in [3.63, 3.8) is 0 Å². The maximum absolute atomic E-state index is 12.3. The molecule has 1 saturated heterocycles. The van der Waals surface area contributed by atoms with E-state index in [2.05, 4.69) is 4.90 Å². The van der Waals surface area contributed by atoms with E-state index in [1.54, 1.807) is 18.9 Å². The maximum atomic E-state index is 12.3. The lowest BCUT2D eigenvalue weighted by molar-refractivity contribution is -0.142. The molecule has 0 bridgehead atoms. The Labute approximate surface area is 115 Å². The molecule has 1 atom stereocenters. The highest BCUT2D eigenvalue weighted by atomic mass is 16.4. The average molecular weight is 271 g/mol. The summed E-state index contributed by atoms with van der Waals surface area (Å²) >= 11 is 0. The lowest BCUT2D eigenvalue weighted by atomic mass is 10.0. The van der Waals surface area contributed by atoms with E-state index < -0.39 is 12.0 Å². The zero-order chi connectivity index (χ0) is 14.6. The fourth-order valence-electron chi connectivity index (χ4n) is 2.54. The highest BCUT2D eigenvalue weighted by Gasteiger charge is 2.30. The van der Waals surface area contributed by atoms with Gasteiger partial charge in [0.15, 0.2) is 0 Å². The van der Waals surface area contributed by atoms with Gasteiger partial charge in [0, 0.05) is 26.2 Å². The molecule has 0 aliphatic carbocycles. The van der Waals surface area contributed by atoms with Crippen molar-refractivity contribution >= 4 is 12.0 Å². The number of carbonyl (C=O) groups is 2. The second-order valence-electron chi connectivity index (χ2n) is 5.34. The first-order chi connectivity index (χ1) is 8.88. The Kier molecular flexibility index (Phi) is 5.60. The molecule has 1 unspecified atom stereocenters. The maximum Gasteiger partial charge on any atom is 0.326 e. The summed E-state index contributed by atoms with van der Waals surface area (Å²) in [5.74, 6) is -0.943. The fourth-order valence-corrected chi connectivity index (χ4v) is 2.54. The third-order valence-electron chi connectivity index (χ3n) is 3.91. The quantitative estimate of drug-likeness (QED) is 0.826.